The standard InChI is InChI=1S/C18H21FN2O3S/c1-12-8-9-13(10-16(12)19)17(22)20-14-6-5-7-15(11-14)25(23,24)21-18(2,3)4/h5-11,21H,1-4H3,(H,20,22). The van der Waals surface area contributed by atoms with Gasteiger partial charge in [-0.25, -0.2) is 17.5 Å². The van der Waals surface area contributed by atoms with Gasteiger partial charge in [0.15, 0.2) is 0 Å². The molecule has 0 heterocycles. The quantitative estimate of drug-likeness (QED) is 0.872. The maximum atomic E-state index is 13.6. The molecule has 5 nitrogen and oxygen atoms in total. The summed E-state index contributed by atoms with van der Waals surface area (Å²) in [6, 6.07) is 10.1. The zero-order valence-electron chi connectivity index (χ0n) is 14.6. The van der Waals surface area contributed by atoms with E-state index in [1.807, 2.05) is 0 Å². The zero-order chi connectivity index (χ0) is 18.8. The fourth-order valence-corrected chi connectivity index (χ4v) is 3.60. The summed E-state index contributed by atoms with van der Waals surface area (Å²) in [6.07, 6.45) is 0. The summed E-state index contributed by atoms with van der Waals surface area (Å²) in [5.74, 6) is -0.990. The SMILES string of the molecule is Cc1ccc(C(=O)Nc2cccc(S(=O)(=O)NC(C)(C)C)c2)cc1F. The number of amides is 1. The van der Waals surface area contributed by atoms with Gasteiger partial charge in [0, 0.05) is 16.8 Å². The Kier molecular flexibility index (Phi) is 5.29. The minimum Gasteiger partial charge on any atom is -0.322 e. The van der Waals surface area contributed by atoms with Crippen molar-refractivity contribution < 1.29 is 17.6 Å². The number of carbonyl (C=O) groups is 1. The summed E-state index contributed by atoms with van der Waals surface area (Å²) in [6.45, 7) is 6.82. The number of rotatable bonds is 4. The van der Waals surface area contributed by atoms with Crippen molar-refractivity contribution in [2.45, 2.75) is 38.1 Å². The molecule has 0 spiro atoms. The van der Waals surface area contributed by atoms with Gasteiger partial charge < -0.3 is 5.32 Å². The highest BCUT2D eigenvalue weighted by atomic mass is 32.2. The van der Waals surface area contributed by atoms with Crippen LogP contribution in [0.2, 0.25) is 0 Å². The molecule has 25 heavy (non-hydrogen) atoms. The molecule has 0 saturated heterocycles. The van der Waals surface area contributed by atoms with Crippen LogP contribution in [0.5, 0.6) is 0 Å². The second kappa shape index (κ2) is 6.93. The number of aryl methyl sites for hydroxylation is 1. The van der Waals surface area contributed by atoms with Crippen LogP contribution in [0.3, 0.4) is 0 Å². The number of nitrogens with one attached hydrogen (secondary N) is 2. The molecular formula is C18H21FN2O3S. The molecule has 0 bridgehead atoms. The normalized spacial score (nSPS) is 12.0. The third-order valence-corrected chi connectivity index (χ3v) is 5.03. The number of hydrogen-bond acceptors (Lipinski definition) is 3. The molecule has 0 saturated carbocycles. The van der Waals surface area contributed by atoms with Gasteiger partial charge in [-0.15, -0.1) is 0 Å². The lowest BCUT2D eigenvalue weighted by molar-refractivity contribution is 0.102. The molecule has 0 aliphatic heterocycles. The molecule has 2 N–H and O–H groups in total. The third kappa shape index (κ3) is 5.11. The molecule has 0 aliphatic rings. The Morgan fingerprint density at radius 3 is 2.36 bits per heavy atom. The average molecular weight is 364 g/mol. The van der Waals surface area contributed by atoms with Gasteiger partial charge in [-0.05, 0) is 63.6 Å². The van der Waals surface area contributed by atoms with Gasteiger partial charge in [0.2, 0.25) is 10.0 Å². The van der Waals surface area contributed by atoms with Gasteiger partial charge in [-0.2, -0.15) is 0 Å². The molecule has 2 rings (SSSR count). The van der Waals surface area contributed by atoms with Crippen LogP contribution in [0.1, 0.15) is 36.7 Å². The van der Waals surface area contributed by atoms with E-state index < -0.39 is 27.3 Å². The van der Waals surface area contributed by atoms with Crippen LogP contribution in [-0.4, -0.2) is 19.9 Å². The Bertz CT molecular complexity index is 903. The zero-order valence-corrected chi connectivity index (χ0v) is 15.4. The number of sulfonamides is 1. The molecule has 0 radical (unpaired) electrons. The van der Waals surface area contributed by atoms with Crippen LogP contribution in [-0.2, 0) is 10.0 Å². The average Bonchev–Trinajstić information content (AvgIpc) is 2.48. The number of benzene rings is 2. The molecule has 0 aliphatic carbocycles. The summed E-state index contributed by atoms with van der Waals surface area (Å²) < 4.78 is 40.9. The summed E-state index contributed by atoms with van der Waals surface area (Å²) in [5.41, 5.74) is 0.280. The Morgan fingerprint density at radius 1 is 1.08 bits per heavy atom. The van der Waals surface area contributed by atoms with Gasteiger partial charge in [0.05, 0.1) is 4.90 Å². The van der Waals surface area contributed by atoms with Crippen LogP contribution in [0.4, 0.5) is 10.1 Å². The summed E-state index contributed by atoms with van der Waals surface area (Å²) >= 11 is 0. The highest BCUT2D eigenvalue weighted by Gasteiger charge is 2.22. The summed E-state index contributed by atoms with van der Waals surface area (Å²) in [4.78, 5) is 12.3. The molecule has 1 amide bonds. The molecule has 134 valence electrons. The van der Waals surface area contributed by atoms with E-state index in [9.17, 15) is 17.6 Å². The Labute approximate surface area is 147 Å². The second-order valence-corrected chi connectivity index (χ2v) is 8.48. The van der Waals surface area contributed by atoms with Crippen molar-refractivity contribution in [1.29, 1.82) is 0 Å². The van der Waals surface area contributed by atoms with Gasteiger partial charge in [0.25, 0.3) is 5.91 Å². The Morgan fingerprint density at radius 2 is 1.76 bits per heavy atom. The van der Waals surface area contributed by atoms with E-state index in [2.05, 4.69) is 10.0 Å². The topological polar surface area (TPSA) is 75.3 Å². The number of carbonyl (C=O) groups excluding carboxylic acids is 1. The predicted molar refractivity (Wildman–Crippen MR) is 95.6 cm³/mol. The van der Waals surface area contributed by atoms with Gasteiger partial charge in [-0.1, -0.05) is 12.1 Å². The maximum Gasteiger partial charge on any atom is 0.255 e. The number of hydrogen-bond donors (Lipinski definition) is 2. The first-order valence-electron chi connectivity index (χ1n) is 7.69. The van der Waals surface area contributed by atoms with E-state index >= 15 is 0 Å². The van der Waals surface area contributed by atoms with Gasteiger partial charge in [0.1, 0.15) is 5.82 Å². The minimum atomic E-state index is -3.71. The van der Waals surface area contributed by atoms with E-state index in [4.69, 9.17) is 0 Å². The highest BCUT2D eigenvalue weighted by Crippen LogP contribution is 2.18. The van der Waals surface area contributed by atoms with Crippen molar-refractivity contribution in [3.63, 3.8) is 0 Å². The van der Waals surface area contributed by atoms with Crippen molar-refractivity contribution in [2.24, 2.45) is 0 Å². The fraction of sp³-hybridized carbons (Fsp3) is 0.278. The van der Waals surface area contributed by atoms with Crippen LogP contribution >= 0.6 is 0 Å². The first kappa shape index (κ1) is 19.1. The lowest BCUT2D eigenvalue weighted by atomic mass is 10.1. The first-order chi connectivity index (χ1) is 11.5. The molecule has 7 heteroatoms. The van der Waals surface area contributed by atoms with E-state index in [0.29, 0.717) is 11.3 Å². The molecular weight excluding hydrogens is 343 g/mol. The van der Waals surface area contributed by atoms with Crippen LogP contribution in [0.25, 0.3) is 0 Å². The smallest absolute Gasteiger partial charge is 0.255 e. The third-order valence-electron chi connectivity index (χ3n) is 3.28. The Balaban J connectivity index is 2.24. The first-order valence-corrected chi connectivity index (χ1v) is 9.18. The minimum absolute atomic E-state index is 0.0373. The number of anilines is 1. The van der Waals surface area contributed by atoms with E-state index in [0.717, 1.165) is 6.07 Å². The van der Waals surface area contributed by atoms with Crippen LogP contribution < -0.4 is 10.0 Å². The van der Waals surface area contributed by atoms with Crippen molar-refractivity contribution in [3.8, 4) is 0 Å². The summed E-state index contributed by atoms with van der Waals surface area (Å²) in [7, 11) is -3.71. The molecule has 2 aromatic carbocycles. The van der Waals surface area contributed by atoms with Crippen LogP contribution in [0.15, 0.2) is 47.4 Å². The Hall–Kier alpha value is -2.25. The summed E-state index contributed by atoms with van der Waals surface area (Å²) in [5, 5.41) is 2.58. The molecule has 0 aromatic heterocycles. The lowest BCUT2D eigenvalue weighted by Gasteiger charge is -2.20. The molecule has 0 unspecified atom stereocenters. The predicted octanol–water partition coefficient (Wildman–Crippen LogP) is 3.46. The van der Waals surface area contributed by atoms with Crippen molar-refractivity contribution in [1.82, 2.24) is 4.72 Å². The molecule has 2 aromatic rings. The molecule has 0 fully saturated rings. The van der Waals surface area contributed by atoms with E-state index in [1.54, 1.807) is 33.8 Å². The van der Waals surface area contributed by atoms with Gasteiger partial charge >= 0.3 is 0 Å². The lowest BCUT2D eigenvalue weighted by Crippen LogP contribution is -2.40. The van der Waals surface area contributed by atoms with E-state index in [-0.39, 0.29) is 10.5 Å². The monoisotopic (exact) mass is 364 g/mol. The number of halogens is 1. The van der Waals surface area contributed by atoms with Crippen molar-refractivity contribution in [3.05, 3.63) is 59.4 Å². The van der Waals surface area contributed by atoms with Crippen molar-refractivity contribution in [2.75, 3.05) is 5.32 Å². The van der Waals surface area contributed by atoms with Crippen LogP contribution in [0, 0.1) is 12.7 Å². The van der Waals surface area contributed by atoms with Gasteiger partial charge in [-0.3, -0.25) is 4.79 Å². The largest absolute Gasteiger partial charge is 0.322 e. The highest BCUT2D eigenvalue weighted by molar-refractivity contribution is 7.89. The maximum absolute atomic E-state index is 13.6. The second-order valence-electron chi connectivity index (χ2n) is 6.80. The van der Waals surface area contributed by atoms with Crippen molar-refractivity contribution >= 4 is 21.6 Å². The molecule has 0 atom stereocenters. The van der Waals surface area contributed by atoms with E-state index in [1.165, 1.54) is 30.3 Å². The fourth-order valence-electron chi connectivity index (χ4n) is 2.14.